The van der Waals surface area contributed by atoms with Crippen LogP contribution in [0.2, 0.25) is 0 Å². The molecule has 1 fully saturated rings. The standard InChI is InChI=1S/C25H27N3O3/c1-3-30-27-24(29)28-12-10-25(11-13-28)15-19-14-18(8-9-23(19)31-25)21-16-26-22-7-5-4-6-20(22)17(21)2/h4-9,14,16H,3,10-13,15H2,1-2H3,(H,27,29). The van der Waals surface area contributed by atoms with Crippen molar-refractivity contribution >= 4 is 16.9 Å². The van der Waals surface area contributed by atoms with Crippen LogP contribution in [0, 0.1) is 6.92 Å². The Kier molecular flexibility index (Phi) is 5.02. The molecule has 0 bridgehead atoms. The molecule has 1 saturated heterocycles. The molecule has 6 heteroatoms. The van der Waals surface area contributed by atoms with Crippen molar-refractivity contribution in [2.45, 2.75) is 38.7 Å². The number of benzene rings is 2. The second-order valence-electron chi connectivity index (χ2n) is 8.43. The maximum absolute atomic E-state index is 12.1. The van der Waals surface area contributed by atoms with Gasteiger partial charge in [-0.25, -0.2) is 10.3 Å². The molecule has 160 valence electrons. The van der Waals surface area contributed by atoms with Gasteiger partial charge >= 0.3 is 6.03 Å². The number of aryl methyl sites for hydroxylation is 1. The molecule has 1 spiro atoms. The van der Waals surface area contributed by atoms with Crippen LogP contribution < -0.4 is 10.2 Å². The zero-order chi connectivity index (χ0) is 21.4. The van der Waals surface area contributed by atoms with Gasteiger partial charge in [-0.15, -0.1) is 0 Å². The van der Waals surface area contributed by atoms with Crippen LogP contribution in [-0.2, 0) is 11.3 Å². The maximum atomic E-state index is 12.1. The molecule has 0 aliphatic carbocycles. The van der Waals surface area contributed by atoms with Crippen LogP contribution in [0.1, 0.15) is 30.9 Å². The summed E-state index contributed by atoms with van der Waals surface area (Å²) in [6.45, 7) is 5.78. The molecule has 0 atom stereocenters. The zero-order valence-corrected chi connectivity index (χ0v) is 18.0. The highest BCUT2D eigenvalue weighted by atomic mass is 16.7. The Morgan fingerprint density at radius 2 is 2.03 bits per heavy atom. The number of piperidine rings is 1. The molecular weight excluding hydrogens is 390 g/mol. The summed E-state index contributed by atoms with van der Waals surface area (Å²) < 4.78 is 6.43. The molecule has 2 amide bonds. The molecule has 1 N–H and O–H groups in total. The molecule has 2 aromatic carbocycles. The monoisotopic (exact) mass is 417 g/mol. The first-order valence-corrected chi connectivity index (χ1v) is 10.9. The summed E-state index contributed by atoms with van der Waals surface area (Å²) in [7, 11) is 0. The summed E-state index contributed by atoms with van der Waals surface area (Å²) in [4.78, 5) is 23.6. The first kappa shape index (κ1) is 19.8. The van der Waals surface area contributed by atoms with Crippen LogP contribution >= 0.6 is 0 Å². The lowest BCUT2D eigenvalue weighted by Crippen LogP contribution is -2.51. The van der Waals surface area contributed by atoms with Gasteiger partial charge in [-0.2, -0.15) is 0 Å². The molecule has 5 rings (SSSR count). The number of hydroxylamine groups is 1. The summed E-state index contributed by atoms with van der Waals surface area (Å²) in [5, 5.41) is 1.19. The summed E-state index contributed by atoms with van der Waals surface area (Å²) in [6, 6.07) is 14.5. The zero-order valence-electron chi connectivity index (χ0n) is 18.0. The predicted octanol–water partition coefficient (Wildman–Crippen LogP) is 4.64. The Bertz CT molecular complexity index is 1140. The minimum absolute atomic E-state index is 0.172. The minimum atomic E-state index is -0.222. The average molecular weight is 418 g/mol. The van der Waals surface area contributed by atoms with E-state index >= 15 is 0 Å². The molecule has 0 unspecified atom stereocenters. The van der Waals surface area contributed by atoms with Gasteiger partial charge in [0.2, 0.25) is 0 Å². The van der Waals surface area contributed by atoms with E-state index in [9.17, 15) is 4.79 Å². The second-order valence-corrected chi connectivity index (χ2v) is 8.43. The number of hydrogen-bond donors (Lipinski definition) is 1. The van der Waals surface area contributed by atoms with Crippen LogP contribution in [0.15, 0.2) is 48.7 Å². The Hall–Kier alpha value is -3.12. The Labute approximate surface area is 182 Å². The highest BCUT2D eigenvalue weighted by Gasteiger charge is 2.43. The SMILES string of the molecule is CCONC(=O)N1CCC2(CC1)Cc1cc(-c3cnc4ccccc4c3C)ccc1O2. The maximum Gasteiger partial charge on any atom is 0.341 e. The fraction of sp³-hybridized carbons (Fsp3) is 0.360. The van der Waals surface area contributed by atoms with Gasteiger partial charge in [0.05, 0.1) is 12.1 Å². The van der Waals surface area contributed by atoms with Crippen LogP contribution in [0.5, 0.6) is 5.75 Å². The molecule has 0 radical (unpaired) electrons. The number of amides is 2. The van der Waals surface area contributed by atoms with Gasteiger partial charge in [-0.05, 0) is 48.7 Å². The van der Waals surface area contributed by atoms with Gasteiger partial charge in [-0.1, -0.05) is 24.3 Å². The number of hydrogen-bond acceptors (Lipinski definition) is 4. The average Bonchev–Trinajstić information content (AvgIpc) is 3.15. The van der Waals surface area contributed by atoms with Crippen molar-refractivity contribution in [2.75, 3.05) is 19.7 Å². The van der Waals surface area contributed by atoms with Gasteiger partial charge in [0, 0.05) is 49.5 Å². The van der Waals surface area contributed by atoms with Crippen molar-refractivity contribution in [3.8, 4) is 16.9 Å². The smallest absolute Gasteiger partial charge is 0.341 e. The Balaban J connectivity index is 1.34. The van der Waals surface area contributed by atoms with Crippen LogP contribution in [0.4, 0.5) is 4.79 Å². The highest BCUT2D eigenvalue weighted by molar-refractivity contribution is 5.88. The number of nitrogens with zero attached hydrogens (tertiary/aromatic N) is 2. The van der Waals surface area contributed by atoms with E-state index in [-0.39, 0.29) is 11.6 Å². The van der Waals surface area contributed by atoms with Gasteiger partial charge in [0.1, 0.15) is 11.4 Å². The second kappa shape index (κ2) is 7.85. The van der Waals surface area contributed by atoms with Crippen molar-refractivity contribution in [3.05, 3.63) is 59.8 Å². The quantitative estimate of drug-likeness (QED) is 0.631. The number of aromatic nitrogens is 1. The number of para-hydroxylation sites is 1. The lowest BCUT2D eigenvalue weighted by atomic mass is 9.86. The van der Waals surface area contributed by atoms with Crippen molar-refractivity contribution in [1.29, 1.82) is 0 Å². The van der Waals surface area contributed by atoms with E-state index in [2.05, 4.69) is 47.7 Å². The lowest BCUT2D eigenvalue weighted by Gasteiger charge is -2.38. The normalized spacial score (nSPS) is 16.9. The van der Waals surface area contributed by atoms with E-state index < -0.39 is 0 Å². The summed E-state index contributed by atoms with van der Waals surface area (Å²) in [5.41, 5.74) is 8.08. The Morgan fingerprint density at radius 1 is 1.23 bits per heavy atom. The molecule has 1 aromatic heterocycles. The predicted molar refractivity (Wildman–Crippen MR) is 120 cm³/mol. The summed E-state index contributed by atoms with van der Waals surface area (Å²) in [6.07, 6.45) is 4.47. The number of likely N-dealkylation sites (tertiary alicyclic amines) is 1. The fourth-order valence-electron chi connectivity index (χ4n) is 4.77. The lowest BCUT2D eigenvalue weighted by molar-refractivity contribution is 0.0137. The van der Waals surface area contributed by atoms with Gasteiger partial charge in [-0.3, -0.25) is 9.82 Å². The molecule has 2 aliphatic rings. The number of fused-ring (bicyclic) bond motifs is 2. The van der Waals surface area contributed by atoms with Crippen LogP contribution in [-0.4, -0.2) is 41.2 Å². The fourth-order valence-corrected chi connectivity index (χ4v) is 4.77. The summed E-state index contributed by atoms with van der Waals surface area (Å²) in [5.74, 6) is 0.961. The van der Waals surface area contributed by atoms with E-state index in [1.807, 2.05) is 25.3 Å². The molecule has 2 aliphatic heterocycles. The highest BCUT2D eigenvalue weighted by Crippen LogP contribution is 2.43. The number of pyridine rings is 1. The van der Waals surface area contributed by atoms with Gasteiger partial charge in [0.25, 0.3) is 0 Å². The number of nitrogens with one attached hydrogen (secondary N) is 1. The van der Waals surface area contributed by atoms with Crippen LogP contribution in [0.3, 0.4) is 0 Å². The number of ether oxygens (including phenoxy) is 1. The van der Waals surface area contributed by atoms with E-state index in [1.54, 1.807) is 4.90 Å². The number of carbonyl (C=O) groups is 1. The van der Waals surface area contributed by atoms with E-state index in [0.29, 0.717) is 19.7 Å². The van der Waals surface area contributed by atoms with Crippen LogP contribution in [0.25, 0.3) is 22.0 Å². The molecule has 31 heavy (non-hydrogen) atoms. The van der Waals surface area contributed by atoms with Crippen molar-refractivity contribution in [3.63, 3.8) is 0 Å². The van der Waals surface area contributed by atoms with Crippen molar-refractivity contribution in [1.82, 2.24) is 15.4 Å². The van der Waals surface area contributed by atoms with Crippen molar-refractivity contribution in [2.24, 2.45) is 0 Å². The molecule has 3 aromatic rings. The van der Waals surface area contributed by atoms with Gasteiger partial charge < -0.3 is 9.64 Å². The molecular formula is C25H27N3O3. The largest absolute Gasteiger partial charge is 0.487 e. The molecule has 0 saturated carbocycles. The number of rotatable bonds is 3. The molecule has 3 heterocycles. The minimum Gasteiger partial charge on any atom is -0.487 e. The third-order valence-corrected chi connectivity index (χ3v) is 6.52. The third-order valence-electron chi connectivity index (χ3n) is 6.52. The Morgan fingerprint density at radius 3 is 2.84 bits per heavy atom. The summed E-state index contributed by atoms with van der Waals surface area (Å²) >= 11 is 0. The molecule has 6 nitrogen and oxygen atoms in total. The first-order valence-electron chi connectivity index (χ1n) is 10.9. The van der Waals surface area contributed by atoms with E-state index in [0.717, 1.165) is 36.1 Å². The number of urea groups is 1. The first-order chi connectivity index (χ1) is 15.1. The van der Waals surface area contributed by atoms with Crippen molar-refractivity contribution < 1.29 is 14.4 Å². The third kappa shape index (κ3) is 3.61. The topological polar surface area (TPSA) is 63.7 Å². The van der Waals surface area contributed by atoms with Gasteiger partial charge in [0.15, 0.2) is 0 Å². The van der Waals surface area contributed by atoms with E-state index in [1.165, 1.54) is 22.1 Å². The van der Waals surface area contributed by atoms with E-state index in [4.69, 9.17) is 9.57 Å². The number of carbonyl (C=O) groups excluding carboxylic acids is 1.